The van der Waals surface area contributed by atoms with Crippen LogP contribution in [0.15, 0.2) is 28.7 Å². The molecule has 0 spiro atoms. The summed E-state index contributed by atoms with van der Waals surface area (Å²) in [6.45, 7) is 5.85. The van der Waals surface area contributed by atoms with Gasteiger partial charge in [0.2, 0.25) is 11.8 Å². The minimum atomic E-state index is -0.286. The van der Waals surface area contributed by atoms with Crippen LogP contribution in [-0.4, -0.2) is 60.4 Å². The van der Waals surface area contributed by atoms with Crippen molar-refractivity contribution in [3.05, 3.63) is 28.7 Å². The van der Waals surface area contributed by atoms with Crippen molar-refractivity contribution in [3.8, 4) is 0 Å². The molecule has 1 fully saturated rings. The third kappa shape index (κ3) is 5.30. The Morgan fingerprint density at radius 3 is 2.52 bits per heavy atom. The van der Waals surface area contributed by atoms with Crippen molar-refractivity contribution >= 4 is 33.4 Å². The number of rotatable bonds is 6. The Morgan fingerprint density at radius 1 is 1.26 bits per heavy atom. The van der Waals surface area contributed by atoms with Crippen LogP contribution in [0.4, 0.5) is 5.69 Å². The molecule has 1 aromatic carbocycles. The fourth-order valence-corrected chi connectivity index (χ4v) is 2.97. The molecule has 1 aromatic rings. The number of carbonyl (C=O) groups excluding carboxylic acids is 2. The lowest BCUT2D eigenvalue weighted by Crippen LogP contribution is -2.53. The van der Waals surface area contributed by atoms with Gasteiger partial charge in [0.15, 0.2) is 0 Å². The number of piperazine rings is 1. The highest BCUT2D eigenvalue weighted by Crippen LogP contribution is 2.21. The van der Waals surface area contributed by atoms with Gasteiger partial charge in [-0.05, 0) is 35.0 Å². The third-order valence-corrected chi connectivity index (χ3v) is 4.86. The fourth-order valence-electron chi connectivity index (χ4n) is 2.59. The van der Waals surface area contributed by atoms with Crippen molar-refractivity contribution in [3.63, 3.8) is 0 Å². The first-order valence-electron chi connectivity index (χ1n) is 7.77. The zero-order valence-corrected chi connectivity index (χ0v) is 14.9. The van der Waals surface area contributed by atoms with Crippen molar-refractivity contribution in [2.45, 2.75) is 19.4 Å². The molecule has 2 amide bonds. The quantitative estimate of drug-likeness (QED) is 0.776. The smallest absolute Gasteiger partial charge is 0.234 e. The molecule has 23 heavy (non-hydrogen) atoms. The summed E-state index contributed by atoms with van der Waals surface area (Å²) in [7, 11) is 0. The molecule has 0 saturated carbocycles. The molecule has 2 rings (SSSR count). The Labute approximate surface area is 145 Å². The monoisotopic (exact) mass is 382 g/mol. The predicted molar refractivity (Wildman–Crippen MR) is 94.1 cm³/mol. The number of halogens is 1. The van der Waals surface area contributed by atoms with Crippen molar-refractivity contribution in [1.29, 1.82) is 0 Å². The summed E-state index contributed by atoms with van der Waals surface area (Å²) in [5.41, 5.74) is 6.12. The first-order chi connectivity index (χ1) is 11.0. The number of para-hydroxylation sites is 1. The van der Waals surface area contributed by atoms with Crippen LogP contribution in [0.5, 0.6) is 0 Å². The van der Waals surface area contributed by atoms with E-state index in [9.17, 15) is 9.59 Å². The number of primary amides is 1. The molecular formula is C16H23BrN4O2. The Balaban J connectivity index is 1.72. The molecule has 1 heterocycles. The number of nitrogens with zero attached hydrogens (tertiary/aromatic N) is 2. The lowest BCUT2D eigenvalue weighted by atomic mass is 10.2. The van der Waals surface area contributed by atoms with E-state index < -0.39 is 0 Å². The summed E-state index contributed by atoms with van der Waals surface area (Å²) < 4.78 is 0.877. The minimum Gasteiger partial charge on any atom is -0.368 e. The number of amides is 2. The van der Waals surface area contributed by atoms with Gasteiger partial charge in [0, 0.05) is 43.6 Å². The Bertz CT molecular complexity index is 559. The molecule has 0 unspecified atom stereocenters. The lowest BCUT2D eigenvalue weighted by Gasteiger charge is -2.36. The number of benzene rings is 1. The van der Waals surface area contributed by atoms with Crippen molar-refractivity contribution < 1.29 is 9.59 Å². The first kappa shape index (κ1) is 17.9. The highest BCUT2D eigenvalue weighted by atomic mass is 79.9. The molecule has 1 saturated heterocycles. The normalized spacial score (nSPS) is 17.7. The molecule has 1 aliphatic heterocycles. The van der Waals surface area contributed by atoms with Crippen LogP contribution in [0.25, 0.3) is 0 Å². The van der Waals surface area contributed by atoms with Gasteiger partial charge < -0.3 is 16.0 Å². The maximum absolute atomic E-state index is 12.0. The SMILES string of the molecule is C[C@@H](C(N)=O)N1CCN(CCC(=O)Nc2ccccc2Br)CC1. The molecular weight excluding hydrogens is 360 g/mol. The Kier molecular flexibility index (Phi) is 6.56. The van der Waals surface area contributed by atoms with Gasteiger partial charge >= 0.3 is 0 Å². The van der Waals surface area contributed by atoms with Gasteiger partial charge in [-0.3, -0.25) is 14.5 Å². The van der Waals surface area contributed by atoms with E-state index in [1.807, 2.05) is 31.2 Å². The van der Waals surface area contributed by atoms with E-state index in [0.29, 0.717) is 6.42 Å². The maximum atomic E-state index is 12.0. The summed E-state index contributed by atoms with van der Waals surface area (Å²) in [4.78, 5) is 27.6. The molecule has 0 aromatic heterocycles. The van der Waals surface area contributed by atoms with Gasteiger partial charge in [0.05, 0.1) is 11.7 Å². The molecule has 6 nitrogen and oxygen atoms in total. The maximum Gasteiger partial charge on any atom is 0.234 e. The second kappa shape index (κ2) is 8.42. The van der Waals surface area contributed by atoms with E-state index in [1.54, 1.807) is 0 Å². The number of hydrogen-bond acceptors (Lipinski definition) is 4. The molecule has 1 atom stereocenters. The average molecular weight is 383 g/mol. The van der Waals surface area contributed by atoms with Crippen LogP contribution in [-0.2, 0) is 9.59 Å². The van der Waals surface area contributed by atoms with E-state index in [0.717, 1.165) is 42.9 Å². The van der Waals surface area contributed by atoms with Crippen LogP contribution in [0.1, 0.15) is 13.3 Å². The molecule has 0 bridgehead atoms. The van der Waals surface area contributed by atoms with Gasteiger partial charge in [0.25, 0.3) is 0 Å². The van der Waals surface area contributed by atoms with Gasteiger partial charge in [0.1, 0.15) is 0 Å². The second-order valence-corrected chi connectivity index (χ2v) is 6.59. The van der Waals surface area contributed by atoms with Crippen LogP contribution in [0.3, 0.4) is 0 Å². The molecule has 0 aliphatic carbocycles. The van der Waals surface area contributed by atoms with E-state index in [1.165, 1.54) is 0 Å². The number of anilines is 1. The Morgan fingerprint density at radius 2 is 1.91 bits per heavy atom. The highest BCUT2D eigenvalue weighted by molar-refractivity contribution is 9.10. The van der Waals surface area contributed by atoms with Crippen LogP contribution in [0.2, 0.25) is 0 Å². The molecule has 1 aliphatic rings. The van der Waals surface area contributed by atoms with Gasteiger partial charge in [-0.2, -0.15) is 0 Å². The zero-order chi connectivity index (χ0) is 16.8. The van der Waals surface area contributed by atoms with Crippen molar-refractivity contribution in [2.24, 2.45) is 5.73 Å². The number of nitrogens with two attached hydrogens (primary N) is 1. The summed E-state index contributed by atoms with van der Waals surface area (Å²) >= 11 is 3.42. The Hall–Kier alpha value is -1.44. The van der Waals surface area contributed by atoms with Crippen molar-refractivity contribution in [1.82, 2.24) is 9.80 Å². The van der Waals surface area contributed by atoms with E-state index in [-0.39, 0.29) is 17.9 Å². The topological polar surface area (TPSA) is 78.7 Å². The number of hydrogen-bond donors (Lipinski definition) is 2. The fraction of sp³-hybridized carbons (Fsp3) is 0.500. The number of nitrogens with one attached hydrogen (secondary N) is 1. The largest absolute Gasteiger partial charge is 0.368 e. The summed E-state index contributed by atoms with van der Waals surface area (Å²) in [5.74, 6) is -0.281. The molecule has 0 radical (unpaired) electrons. The molecule has 3 N–H and O–H groups in total. The predicted octanol–water partition coefficient (Wildman–Crippen LogP) is 1.27. The molecule has 126 valence electrons. The second-order valence-electron chi connectivity index (χ2n) is 5.73. The summed E-state index contributed by atoms with van der Waals surface area (Å²) in [5, 5.41) is 2.91. The zero-order valence-electron chi connectivity index (χ0n) is 13.3. The van der Waals surface area contributed by atoms with Crippen LogP contribution in [0, 0.1) is 0 Å². The van der Waals surface area contributed by atoms with E-state index in [4.69, 9.17) is 5.73 Å². The van der Waals surface area contributed by atoms with Crippen LogP contribution < -0.4 is 11.1 Å². The van der Waals surface area contributed by atoms with E-state index in [2.05, 4.69) is 31.0 Å². The highest BCUT2D eigenvalue weighted by Gasteiger charge is 2.24. The molecule has 7 heteroatoms. The first-order valence-corrected chi connectivity index (χ1v) is 8.57. The standard InChI is InChI=1S/C16H23BrN4O2/c1-12(16(18)23)21-10-8-20(9-11-21)7-6-15(22)19-14-5-3-2-4-13(14)17/h2-5,12H,6-11H2,1H3,(H2,18,23)(H,19,22)/t12-/m0/s1. The van der Waals surface area contributed by atoms with Crippen molar-refractivity contribution in [2.75, 3.05) is 38.0 Å². The number of carbonyl (C=O) groups is 2. The summed E-state index contributed by atoms with van der Waals surface area (Å²) in [6.07, 6.45) is 0.451. The van der Waals surface area contributed by atoms with E-state index >= 15 is 0 Å². The van der Waals surface area contributed by atoms with Gasteiger partial charge in [-0.1, -0.05) is 12.1 Å². The van der Waals surface area contributed by atoms with Gasteiger partial charge in [-0.15, -0.1) is 0 Å². The lowest BCUT2D eigenvalue weighted by molar-refractivity contribution is -0.123. The summed E-state index contributed by atoms with van der Waals surface area (Å²) in [6, 6.07) is 7.34. The average Bonchev–Trinajstić information content (AvgIpc) is 2.55. The van der Waals surface area contributed by atoms with Gasteiger partial charge in [-0.25, -0.2) is 0 Å². The van der Waals surface area contributed by atoms with Crippen LogP contribution >= 0.6 is 15.9 Å². The minimum absolute atomic E-state index is 0.00448. The third-order valence-electron chi connectivity index (χ3n) is 4.17.